The predicted octanol–water partition coefficient (Wildman–Crippen LogP) is 0.583. The number of rotatable bonds is 4. The van der Waals surface area contributed by atoms with Crippen LogP contribution in [0.2, 0.25) is 0 Å². The van der Waals surface area contributed by atoms with E-state index in [9.17, 15) is 9.59 Å². The summed E-state index contributed by atoms with van der Waals surface area (Å²) in [5, 5.41) is 2.78. The number of carbonyl (C=O) groups excluding carboxylic acids is 2. The van der Waals surface area contributed by atoms with Gasteiger partial charge in [-0.05, 0) is 26.0 Å². The van der Waals surface area contributed by atoms with Gasteiger partial charge in [-0.2, -0.15) is 0 Å². The summed E-state index contributed by atoms with van der Waals surface area (Å²) >= 11 is 0. The highest BCUT2D eigenvalue weighted by atomic mass is 16.5. The molecule has 0 atom stereocenters. The molecule has 1 aliphatic heterocycles. The van der Waals surface area contributed by atoms with Crippen LogP contribution in [0.25, 0.3) is 0 Å². The third kappa shape index (κ3) is 3.78. The lowest BCUT2D eigenvalue weighted by Crippen LogP contribution is -2.52. The molecule has 6 heteroatoms. The molecule has 0 bridgehead atoms. The maximum atomic E-state index is 12.5. The van der Waals surface area contributed by atoms with E-state index in [4.69, 9.17) is 4.74 Å². The number of carbonyl (C=O) groups is 2. The number of aromatic nitrogens is 1. The van der Waals surface area contributed by atoms with Crippen LogP contribution in [0.4, 0.5) is 0 Å². The molecule has 114 valence electrons. The fourth-order valence-electron chi connectivity index (χ4n) is 2.15. The molecule has 0 spiro atoms. The number of amides is 2. The lowest BCUT2D eigenvalue weighted by atomic mass is 9.90. The van der Waals surface area contributed by atoms with Crippen LogP contribution in [0.5, 0.6) is 0 Å². The zero-order valence-electron chi connectivity index (χ0n) is 12.5. The maximum absolute atomic E-state index is 12.5. The van der Waals surface area contributed by atoms with Crippen LogP contribution >= 0.6 is 0 Å². The molecule has 0 unspecified atom stereocenters. The van der Waals surface area contributed by atoms with Gasteiger partial charge in [0.1, 0.15) is 5.41 Å². The minimum atomic E-state index is -1.09. The zero-order chi connectivity index (χ0) is 15.3. The third-order valence-electron chi connectivity index (χ3n) is 3.56. The Morgan fingerprint density at radius 2 is 2.05 bits per heavy atom. The Balaban J connectivity index is 1.94. The maximum Gasteiger partial charge on any atom is 0.237 e. The molecule has 2 heterocycles. The molecule has 21 heavy (non-hydrogen) atoms. The Kier molecular flexibility index (Phi) is 4.90. The number of hydrogen-bond acceptors (Lipinski definition) is 4. The summed E-state index contributed by atoms with van der Waals surface area (Å²) in [5.41, 5.74) is -0.327. The van der Waals surface area contributed by atoms with Gasteiger partial charge < -0.3 is 15.0 Å². The van der Waals surface area contributed by atoms with Crippen molar-refractivity contribution in [2.24, 2.45) is 5.41 Å². The molecule has 1 aromatic rings. The highest BCUT2D eigenvalue weighted by Crippen LogP contribution is 2.20. The summed E-state index contributed by atoms with van der Waals surface area (Å²) in [6.45, 7) is 5.75. The first-order valence-electron chi connectivity index (χ1n) is 7.07. The Hall–Kier alpha value is -1.95. The van der Waals surface area contributed by atoms with Crippen LogP contribution in [0, 0.1) is 5.41 Å². The minimum Gasteiger partial charge on any atom is -0.378 e. The van der Waals surface area contributed by atoms with Crippen molar-refractivity contribution in [1.29, 1.82) is 0 Å². The predicted molar refractivity (Wildman–Crippen MR) is 77.3 cm³/mol. The second kappa shape index (κ2) is 6.67. The molecular formula is C15H21N3O3. The summed E-state index contributed by atoms with van der Waals surface area (Å²) in [6.07, 6.45) is 1.67. The molecule has 1 saturated heterocycles. The normalized spacial score (nSPS) is 15.6. The molecule has 0 saturated carbocycles. The van der Waals surface area contributed by atoms with E-state index in [2.05, 4.69) is 10.3 Å². The van der Waals surface area contributed by atoms with Crippen molar-refractivity contribution in [3.8, 4) is 0 Å². The van der Waals surface area contributed by atoms with Crippen LogP contribution in [0.1, 0.15) is 19.5 Å². The van der Waals surface area contributed by atoms with Gasteiger partial charge in [-0.3, -0.25) is 14.6 Å². The zero-order valence-corrected chi connectivity index (χ0v) is 12.5. The summed E-state index contributed by atoms with van der Waals surface area (Å²) < 4.78 is 5.23. The fraction of sp³-hybridized carbons (Fsp3) is 0.533. The highest BCUT2D eigenvalue weighted by molar-refractivity contribution is 6.04. The summed E-state index contributed by atoms with van der Waals surface area (Å²) in [7, 11) is 0. The fourth-order valence-corrected chi connectivity index (χ4v) is 2.15. The van der Waals surface area contributed by atoms with Gasteiger partial charge in [0.05, 0.1) is 25.5 Å². The summed E-state index contributed by atoms with van der Waals surface area (Å²) in [4.78, 5) is 30.6. The molecule has 2 amide bonds. The lowest BCUT2D eigenvalue weighted by Gasteiger charge is -2.33. The van der Waals surface area contributed by atoms with Gasteiger partial charge in [-0.25, -0.2) is 0 Å². The average molecular weight is 291 g/mol. The van der Waals surface area contributed by atoms with Crippen molar-refractivity contribution in [3.63, 3.8) is 0 Å². The molecular weight excluding hydrogens is 270 g/mol. The monoisotopic (exact) mass is 291 g/mol. The Morgan fingerprint density at radius 3 is 2.67 bits per heavy atom. The van der Waals surface area contributed by atoms with Crippen LogP contribution < -0.4 is 5.32 Å². The van der Waals surface area contributed by atoms with Crippen LogP contribution in [0.15, 0.2) is 24.4 Å². The van der Waals surface area contributed by atoms with Gasteiger partial charge in [-0.1, -0.05) is 6.07 Å². The molecule has 0 aliphatic carbocycles. The van der Waals surface area contributed by atoms with Crippen LogP contribution in [0.3, 0.4) is 0 Å². The smallest absolute Gasteiger partial charge is 0.237 e. The van der Waals surface area contributed by atoms with E-state index in [0.29, 0.717) is 32.8 Å². The first kappa shape index (κ1) is 15.4. The van der Waals surface area contributed by atoms with Crippen LogP contribution in [-0.4, -0.2) is 48.0 Å². The standard InChI is InChI=1S/C15H21N3O3/c1-15(2,14(20)18-7-9-21-10-8-18)13(19)17-11-12-5-3-4-6-16-12/h3-6H,7-11H2,1-2H3,(H,17,19). The van der Waals surface area contributed by atoms with Gasteiger partial charge in [0, 0.05) is 19.3 Å². The van der Waals surface area contributed by atoms with Crippen LogP contribution in [-0.2, 0) is 20.9 Å². The van der Waals surface area contributed by atoms with Crippen molar-refractivity contribution in [2.45, 2.75) is 20.4 Å². The first-order chi connectivity index (χ1) is 10.0. The number of nitrogens with one attached hydrogen (secondary N) is 1. The van der Waals surface area contributed by atoms with Gasteiger partial charge in [0.15, 0.2) is 0 Å². The number of pyridine rings is 1. The number of morpholine rings is 1. The summed E-state index contributed by atoms with van der Waals surface area (Å²) in [5.74, 6) is -0.450. The molecule has 0 radical (unpaired) electrons. The number of nitrogens with zero attached hydrogens (tertiary/aromatic N) is 2. The van der Waals surface area contributed by atoms with E-state index in [1.54, 1.807) is 24.9 Å². The van der Waals surface area contributed by atoms with Crippen molar-refractivity contribution >= 4 is 11.8 Å². The Morgan fingerprint density at radius 1 is 1.33 bits per heavy atom. The second-order valence-electron chi connectivity index (χ2n) is 5.53. The third-order valence-corrected chi connectivity index (χ3v) is 3.56. The Bertz CT molecular complexity index is 496. The van der Waals surface area contributed by atoms with E-state index < -0.39 is 5.41 Å². The number of ether oxygens (including phenoxy) is 1. The molecule has 2 rings (SSSR count). The topological polar surface area (TPSA) is 71.5 Å². The van der Waals surface area contributed by atoms with Crippen molar-refractivity contribution in [1.82, 2.24) is 15.2 Å². The quantitative estimate of drug-likeness (QED) is 0.824. The molecule has 0 aromatic carbocycles. The van der Waals surface area contributed by atoms with Gasteiger partial charge in [0.25, 0.3) is 0 Å². The molecule has 1 aromatic heterocycles. The minimum absolute atomic E-state index is 0.163. The van der Waals surface area contributed by atoms with Gasteiger partial charge in [0.2, 0.25) is 11.8 Å². The molecule has 1 fully saturated rings. The first-order valence-corrected chi connectivity index (χ1v) is 7.07. The van der Waals surface area contributed by atoms with E-state index in [0.717, 1.165) is 5.69 Å². The second-order valence-corrected chi connectivity index (χ2v) is 5.53. The number of hydrogen-bond donors (Lipinski definition) is 1. The lowest BCUT2D eigenvalue weighted by molar-refractivity contribution is -0.151. The Labute approximate surface area is 124 Å². The highest BCUT2D eigenvalue weighted by Gasteiger charge is 2.39. The van der Waals surface area contributed by atoms with Gasteiger partial charge in [-0.15, -0.1) is 0 Å². The molecule has 1 N–H and O–H groups in total. The van der Waals surface area contributed by atoms with E-state index in [1.165, 1.54) is 0 Å². The van der Waals surface area contributed by atoms with Gasteiger partial charge >= 0.3 is 0 Å². The average Bonchev–Trinajstić information content (AvgIpc) is 2.53. The van der Waals surface area contributed by atoms with Crippen molar-refractivity contribution in [3.05, 3.63) is 30.1 Å². The molecule has 6 nitrogen and oxygen atoms in total. The SMILES string of the molecule is CC(C)(C(=O)NCc1ccccn1)C(=O)N1CCOCC1. The largest absolute Gasteiger partial charge is 0.378 e. The van der Waals surface area contributed by atoms with Crippen molar-refractivity contribution in [2.75, 3.05) is 26.3 Å². The molecule has 1 aliphatic rings. The van der Waals surface area contributed by atoms with E-state index >= 15 is 0 Å². The summed E-state index contributed by atoms with van der Waals surface area (Å²) in [6, 6.07) is 5.51. The van der Waals surface area contributed by atoms with Crippen molar-refractivity contribution < 1.29 is 14.3 Å². The van der Waals surface area contributed by atoms with E-state index in [-0.39, 0.29) is 11.8 Å². The van der Waals surface area contributed by atoms with E-state index in [1.807, 2.05) is 18.2 Å².